The largest absolute Gasteiger partial charge is 0.480 e. The van der Waals surface area contributed by atoms with Crippen LogP contribution in [0.25, 0.3) is 0 Å². The number of amides is 1. The number of carbonyl (C=O) groups is 3. The minimum absolute atomic E-state index is 0.00787. The smallest absolute Gasteiger partial charge is 0.357 e. The van der Waals surface area contributed by atoms with Crippen molar-refractivity contribution in [1.29, 1.82) is 0 Å². The van der Waals surface area contributed by atoms with E-state index >= 15 is 0 Å². The highest BCUT2D eigenvalue weighted by Crippen LogP contribution is 2.39. The maximum absolute atomic E-state index is 12.4. The average molecular weight is 439 g/mol. The van der Waals surface area contributed by atoms with E-state index in [-0.39, 0.29) is 17.7 Å². The van der Waals surface area contributed by atoms with E-state index < -0.39 is 23.9 Å². The number of carbonyl (C=O) groups excluding carboxylic acids is 2. The number of aromatic nitrogens is 3. The van der Waals surface area contributed by atoms with Gasteiger partial charge in [0.2, 0.25) is 0 Å². The molecule has 2 heterocycles. The Hall–Kier alpha value is -2.82. The van der Waals surface area contributed by atoms with Gasteiger partial charge in [0.25, 0.3) is 5.91 Å². The van der Waals surface area contributed by atoms with Crippen LogP contribution in [0.1, 0.15) is 57.5 Å². The van der Waals surface area contributed by atoms with Crippen LogP contribution in [0.5, 0.6) is 0 Å². The summed E-state index contributed by atoms with van der Waals surface area (Å²) in [7, 11) is 2.71. The summed E-state index contributed by atoms with van der Waals surface area (Å²) in [6, 6.07) is 0.919. The first kappa shape index (κ1) is 23.5. The van der Waals surface area contributed by atoms with Crippen molar-refractivity contribution in [3.63, 3.8) is 0 Å². The molecule has 1 unspecified atom stereocenters. The number of nitrogens with one attached hydrogen (secondary N) is 1. The number of carboxylic acid groups (broad SMARTS) is 1. The van der Waals surface area contributed by atoms with Crippen molar-refractivity contribution in [2.75, 3.05) is 19.1 Å². The van der Waals surface area contributed by atoms with E-state index in [1.807, 2.05) is 12.3 Å². The molecule has 1 aliphatic rings. The number of nitrogens with zero attached hydrogens (tertiary/aromatic N) is 3. The molecule has 0 saturated heterocycles. The van der Waals surface area contributed by atoms with Crippen LogP contribution in [-0.2, 0) is 16.6 Å². The Morgan fingerprint density at radius 2 is 2.13 bits per heavy atom. The third-order valence-corrected chi connectivity index (χ3v) is 5.12. The van der Waals surface area contributed by atoms with Gasteiger partial charge in [-0.2, -0.15) is 16.9 Å². The summed E-state index contributed by atoms with van der Waals surface area (Å²) in [6.45, 7) is 1.57. The molecule has 2 N–H and O–H groups in total. The van der Waals surface area contributed by atoms with E-state index in [0.29, 0.717) is 17.4 Å². The number of hydrogen-bond donors (Lipinski definition) is 2. The molecule has 0 spiro atoms. The van der Waals surface area contributed by atoms with E-state index in [1.165, 1.54) is 43.4 Å². The quantitative estimate of drug-likeness (QED) is 0.593. The number of rotatable bonds is 8. The zero-order chi connectivity index (χ0) is 22.3. The molecule has 0 aliphatic heterocycles. The van der Waals surface area contributed by atoms with Crippen LogP contribution >= 0.6 is 11.8 Å². The zero-order valence-corrected chi connectivity index (χ0v) is 18.2. The van der Waals surface area contributed by atoms with Gasteiger partial charge in [0.1, 0.15) is 11.8 Å². The Bertz CT molecular complexity index is 876. The summed E-state index contributed by atoms with van der Waals surface area (Å²) >= 11 is 1.48. The number of ether oxygens (including phenoxy) is 1. The molecule has 2 aromatic heterocycles. The third kappa shape index (κ3) is 6.09. The first-order valence-electron chi connectivity index (χ1n) is 9.35. The lowest BCUT2D eigenvalue weighted by Gasteiger charge is -2.14. The van der Waals surface area contributed by atoms with E-state index in [0.717, 1.165) is 5.76 Å². The second kappa shape index (κ2) is 10.8. The zero-order valence-electron chi connectivity index (χ0n) is 17.4. The second-order valence-corrected chi connectivity index (χ2v) is 7.74. The van der Waals surface area contributed by atoms with Gasteiger partial charge in [-0.1, -0.05) is 5.16 Å². The third-order valence-electron chi connectivity index (χ3n) is 4.48. The Balaban J connectivity index is 0.000000326. The van der Waals surface area contributed by atoms with Crippen LogP contribution in [-0.4, -0.2) is 63.0 Å². The van der Waals surface area contributed by atoms with Crippen LogP contribution in [0.3, 0.4) is 0 Å². The van der Waals surface area contributed by atoms with E-state index in [9.17, 15) is 14.4 Å². The normalized spacial score (nSPS) is 13.7. The molecule has 1 atom stereocenters. The summed E-state index contributed by atoms with van der Waals surface area (Å²) in [5, 5.41) is 19.2. The van der Waals surface area contributed by atoms with Crippen molar-refractivity contribution < 1.29 is 28.8 Å². The molecule has 3 rings (SSSR count). The predicted molar refractivity (Wildman–Crippen MR) is 110 cm³/mol. The van der Waals surface area contributed by atoms with Crippen molar-refractivity contribution in [3.05, 3.63) is 35.0 Å². The fraction of sp³-hybridized carbons (Fsp3) is 0.526. The van der Waals surface area contributed by atoms with Gasteiger partial charge in [-0.3, -0.25) is 9.48 Å². The average Bonchev–Trinajstić information content (AvgIpc) is 3.32. The van der Waals surface area contributed by atoms with Crippen molar-refractivity contribution in [2.24, 2.45) is 7.05 Å². The topological polar surface area (TPSA) is 137 Å². The SMILES string of the molecule is COC(=O)c1c(C(=O)NC(CCSC)C(=O)O)c(C)nn1C.c1cc(C2CC2)on1. The number of esters is 1. The highest BCUT2D eigenvalue weighted by atomic mass is 32.2. The lowest BCUT2D eigenvalue weighted by molar-refractivity contribution is -0.139. The maximum Gasteiger partial charge on any atom is 0.357 e. The molecule has 1 fully saturated rings. The van der Waals surface area contributed by atoms with Gasteiger partial charge in [0, 0.05) is 19.0 Å². The molecule has 0 bridgehead atoms. The fourth-order valence-corrected chi connectivity index (χ4v) is 3.26. The summed E-state index contributed by atoms with van der Waals surface area (Å²) in [5.41, 5.74) is 0.352. The number of carboxylic acids is 1. The lowest BCUT2D eigenvalue weighted by atomic mass is 10.1. The Kier molecular flexibility index (Phi) is 8.46. The summed E-state index contributed by atoms with van der Waals surface area (Å²) in [5.74, 6) is -0.123. The first-order chi connectivity index (χ1) is 14.3. The Morgan fingerprint density at radius 3 is 2.63 bits per heavy atom. The van der Waals surface area contributed by atoms with Crippen LogP contribution in [0, 0.1) is 6.92 Å². The van der Waals surface area contributed by atoms with Crippen LogP contribution in [0.15, 0.2) is 16.8 Å². The molecule has 2 aromatic rings. The van der Waals surface area contributed by atoms with Crippen molar-refractivity contribution in [3.8, 4) is 0 Å². The molecular formula is C19H26N4O6S. The Labute approximate surface area is 178 Å². The first-order valence-corrected chi connectivity index (χ1v) is 10.7. The minimum atomic E-state index is -1.12. The fourth-order valence-electron chi connectivity index (χ4n) is 2.79. The van der Waals surface area contributed by atoms with E-state index in [4.69, 9.17) is 9.63 Å². The molecule has 10 nitrogen and oxygen atoms in total. The highest BCUT2D eigenvalue weighted by molar-refractivity contribution is 7.98. The van der Waals surface area contributed by atoms with Gasteiger partial charge >= 0.3 is 11.9 Å². The molecule has 11 heteroatoms. The van der Waals surface area contributed by atoms with Gasteiger partial charge in [-0.25, -0.2) is 9.59 Å². The van der Waals surface area contributed by atoms with Gasteiger partial charge < -0.3 is 19.7 Å². The van der Waals surface area contributed by atoms with Crippen molar-refractivity contribution in [2.45, 2.75) is 38.1 Å². The molecule has 1 aliphatic carbocycles. The monoisotopic (exact) mass is 438 g/mol. The standard InChI is InChI=1S/C13H19N3O5S.C6H7NO/c1-7-9(10(13(20)21-3)16(2)15-7)11(17)14-8(12(18)19)5-6-22-4;1-2-5(1)6-3-4-7-8-6/h8H,5-6H2,1-4H3,(H,14,17)(H,18,19);3-5H,1-2H2. The minimum Gasteiger partial charge on any atom is -0.480 e. The molecule has 1 saturated carbocycles. The molecule has 0 radical (unpaired) electrons. The molecule has 1 amide bonds. The highest BCUT2D eigenvalue weighted by Gasteiger charge is 2.29. The van der Waals surface area contributed by atoms with Gasteiger partial charge in [0.15, 0.2) is 5.69 Å². The van der Waals surface area contributed by atoms with Crippen molar-refractivity contribution >= 4 is 29.6 Å². The number of aryl methyl sites for hydroxylation is 2. The molecule has 164 valence electrons. The lowest BCUT2D eigenvalue weighted by Crippen LogP contribution is -2.41. The predicted octanol–water partition coefficient (Wildman–Crippen LogP) is 2.00. The summed E-state index contributed by atoms with van der Waals surface area (Å²) < 4.78 is 10.8. The summed E-state index contributed by atoms with van der Waals surface area (Å²) in [6.07, 6.45) is 6.41. The Morgan fingerprint density at radius 1 is 1.43 bits per heavy atom. The molecule has 30 heavy (non-hydrogen) atoms. The van der Waals surface area contributed by atoms with E-state index in [2.05, 4.69) is 20.3 Å². The maximum atomic E-state index is 12.4. The summed E-state index contributed by atoms with van der Waals surface area (Å²) in [4.78, 5) is 35.3. The van der Waals surface area contributed by atoms with Crippen LogP contribution in [0.2, 0.25) is 0 Å². The van der Waals surface area contributed by atoms with E-state index in [1.54, 1.807) is 13.1 Å². The van der Waals surface area contributed by atoms with Gasteiger partial charge in [-0.05, 0) is 38.2 Å². The van der Waals surface area contributed by atoms with Crippen LogP contribution in [0.4, 0.5) is 0 Å². The number of thioether (sulfide) groups is 1. The number of methoxy groups -OCH3 is 1. The molecule has 0 aromatic carbocycles. The van der Waals surface area contributed by atoms with Gasteiger partial charge in [-0.15, -0.1) is 0 Å². The second-order valence-electron chi connectivity index (χ2n) is 6.76. The van der Waals surface area contributed by atoms with Crippen molar-refractivity contribution in [1.82, 2.24) is 20.3 Å². The number of aliphatic carboxylic acids is 1. The number of hydrogen-bond acceptors (Lipinski definition) is 8. The molecular weight excluding hydrogens is 412 g/mol. The van der Waals surface area contributed by atoms with Crippen LogP contribution < -0.4 is 5.32 Å². The van der Waals surface area contributed by atoms with Gasteiger partial charge in [0.05, 0.1) is 24.6 Å².